The monoisotopic (exact) mass is 376 g/mol. The number of pyridine rings is 1. The van der Waals surface area contributed by atoms with Crippen LogP contribution in [0.5, 0.6) is 11.5 Å². The smallest absolute Gasteiger partial charge is 0.144 e. The lowest BCUT2D eigenvalue weighted by Gasteiger charge is -2.08. The van der Waals surface area contributed by atoms with Crippen LogP contribution in [0.15, 0.2) is 40.4 Å². The highest BCUT2D eigenvalue weighted by Gasteiger charge is 2.13. The van der Waals surface area contributed by atoms with Gasteiger partial charge in [-0.25, -0.2) is 4.98 Å². The van der Waals surface area contributed by atoms with Gasteiger partial charge in [-0.05, 0) is 34.3 Å². The van der Waals surface area contributed by atoms with Crippen molar-refractivity contribution in [3.05, 3.63) is 45.5 Å². The highest BCUT2D eigenvalue weighted by molar-refractivity contribution is 9.10. The minimum Gasteiger partial charge on any atom is -0.455 e. The van der Waals surface area contributed by atoms with Crippen LogP contribution in [0.25, 0.3) is 20.3 Å². The van der Waals surface area contributed by atoms with Crippen LogP contribution in [-0.4, -0.2) is 9.97 Å². The SMILES string of the molecule is Cc1nc2c(cc(Oc3ccncc3Br)c3ccsc32)s1. The maximum Gasteiger partial charge on any atom is 0.144 e. The van der Waals surface area contributed by atoms with Gasteiger partial charge in [0, 0.05) is 29.9 Å². The van der Waals surface area contributed by atoms with Gasteiger partial charge >= 0.3 is 0 Å². The van der Waals surface area contributed by atoms with Crippen LogP contribution in [-0.2, 0) is 0 Å². The Labute approximate surface area is 137 Å². The molecule has 0 saturated carbocycles. The van der Waals surface area contributed by atoms with Crippen molar-refractivity contribution in [2.45, 2.75) is 6.92 Å². The van der Waals surface area contributed by atoms with Gasteiger partial charge in [-0.15, -0.1) is 22.7 Å². The lowest BCUT2D eigenvalue weighted by atomic mass is 10.2. The number of rotatable bonds is 2. The zero-order valence-electron chi connectivity index (χ0n) is 11.0. The van der Waals surface area contributed by atoms with Gasteiger partial charge in [0.05, 0.1) is 24.4 Å². The summed E-state index contributed by atoms with van der Waals surface area (Å²) < 4.78 is 9.27. The Morgan fingerprint density at radius 2 is 2.14 bits per heavy atom. The van der Waals surface area contributed by atoms with Gasteiger partial charge in [-0.1, -0.05) is 0 Å². The van der Waals surface area contributed by atoms with E-state index >= 15 is 0 Å². The molecule has 4 aromatic rings. The van der Waals surface area contributed by atoms with Crippen LogP contribution in [0.2, 0.25) is 0 Å². The number of hydrogen-bond donors (Lipinski definition) is 0. The topological polar surface area (TPSA) is 35.0 Å². The average Bonchev–Trinajstić information content (AvgIpc) is 3.06. The van der Waals surface area contributed by atoms with E-state index in [0.717, 1.165) is 36.6 Å². The first-order chi connectivity index (χ1) is 10.2. The maximum atomic E-state index is 6.10. The quantitative estimate of drug-likeness (QED) is 0.445. The van der Waals surface area contributed by atoms with E-state index < -0.39 is 0 Å². The minimum atomic E-state index is 0.762. The van der Waals surface area contributed by atoms with Crippen LogP contribution >= 0.6 is 38.6 Å². The molecule has 0 atom stereocenters. The van der Waals surface area contributed by atoms with Crippen molar-refractivity contribution < 1.29 is 4.74 Å². The molecule has 0 fully saturated rings. The highest BCUT2D eigenvalue weighted by Crippen LogP contribution is 2.41. The molecule has 0 N–H and O–H groups in total. The second kappa shape index (κ2) is 5.05. The van der Waals surface area contributed by atoms with Crippen LogP contribution < -0.4 is 4.74 Å². The van der Waals surface area contributed by atoms with Crippen LogP contribution in [0.4, 0.5) is 0 Å². The number of nitrogens with zero attached hydrogens (tertiary/aromatic N) is 2. The first-order valence-electron chi connectivity index (χ1n) is 6.27. The van der Waals surface area contributed by atoms with Crippen molar-refractivity contribution in [1.82, 2.24) is 9.97 Å². The lowest BCUT2D eigenvalue weighted by Crippen LogP contribution is -1.87. The fourth-order valence-corrected chi connectivity index (χ4v) is 4.40. The third kappa shape index (κ3) is 2.23. The number of thiazole rings is 1. The zero-order chi connectivity index (χ0) is 14.4. The molecular weight excluding hydrogens is 368 g/mol. The molecule has 0 amide bonds. The van der Waals surface area contributed by atoms with E-state index in [0.29, 0.717) is 0 Å². The molecule has 0 aliphatic heterocycles. The molecule has 0 aliphatic carbocycles. The van der Waals surface area contributed by atoms with Gasteiger partial charge in [0.15, 0.2) is 0 Å². The first-order valence-corrected chi connectivity index (χ1v) is 8.76. The number of halogens is 1. The van der Waals surface area contributed by atoms with Gasteiger partial charge < -0.3 is 4.74 Å². The zero-order valence-corrected chi connectivity index (χ0v) is 14.2. The fraction of sp³-hybridized carbons (Fsp3) is 0.0667. The molecule has 3 nitrogen and oxygen atoms in total. The Bertz CT molecular complexity index is 961. The summed E-state index contributed by atoms with van der Waals surface area (Å²) >= 11 is 6.86. The molecule has 0 radical (unpaired) electrons. The van der Waals surface area contributed by atoms with Crippen molar-refractivity contribution in [3.63, 3.8) is 0 Å². The molecule has 21 heavy (non-hydrogen) atoms. The normalized spacial score (nSPS) is 11.3. The summed E-state index contributed by atoms with van der Waals surface area (Å²) in [6, 6.07) is 6.00. The Hall–Kier alpha value is -1.50. The molecule has 0 unspecified atom stereocenters. The summed E-state index contributed by atoms with van der Waals surface area (Å²) in [7, 11) is 0. The summed E-state index contributed by atoms with van der Waals surface area (Å²) in [6.45, 7) is 2.03. The number of thiophene rings is 1. The molecule has 0 aliphatic rings. The number of benzene rings is 1. The maximum absolute atomic E-state index is 6.10. The number of aryl methyl sites for hydroxylation is 1. The number of aromatic nitrogens is 2. The van der Waals surface area contributed by atoms with E-state index in [9.17, 15) is 0 Å². The van der Waals surface area contributed by atoms with Crippen molar-refractivity contribution in [3.8, 4) is 11.5 Å². The van der Waals surface area contributed by atoms with Gasteiger partial charge in [0.25, 0.3) is 0 Å². The molecule has 0 saturated heterocycles. The van der Waals surface area contributed by atoms with E-state index in [2.05, 4.69) is 43.4 Å². The number of ether oxygens (including phenoxy) is 1. The van der Waals surface area contributed by atoms with Gasteiger partial charge in [0.2, 0.25) is 0 Å². The minimum absolute atomic E-state index is 0.762. The van der Waals surface area contributed by atoms with E-state index in [1.165, 1.54) is 4.70 Å². The Balaban J connectivity index is 1.94. The summed E-state index contributed by atoms with van der Waals surface area (Å²) in [5, 5.41) is 4.25. The Morgan fingerprint density at radius 3 is 3.00 bits per heavy atom. The molecule has 6 heteroatoms. The Kier molecular flexibility index (Phi) is 3.17. The predicted octanol–water partition coefficient (Wildman–Crippen LogP) is 5.77. The van der Waals surface area contributed by atoms with Gasteiger partial charge in [-0.2, -0.15) is 0 Å². The van der Waals surface area contributed by atoms with Crippen molar-refractivity contribution in [2.24, 2.45) is 0 Å². The third-order valence-corrected chi connectivity index (χ3v) is 5.56. The van der Waals surface area contributed by atoms with Gasteiger partial charge in [-0.3, -0.25) is 4.98 Å². The molecule has 0 bridgehead atoms. The van der Waals surface area contributed by atoms with Crippen LogP contribution in [0, 0.1) is 6.92 Å². The number of fused-ring (bicyclic) bond motifs is 3. The predicted molar refractivity (Wildman–Crippen MR) is 91.8 cm³/mol. The van der Waals surface area contributed by atoms with Crippen molar-refractivity contribution >= 4 is 58.9 Å². The average molecular weight is 377 g/mol. The highest BCUT2D eigenvalue weighted by atomic mass is 79.9. The molecule has 0 spiro atoms. The summed E-state index contributed by atoms with van der Waals surface area (Å²) in [5.74, 6) is 1.62. The Morgan fingerprint density at radius 1 is 1.24 bits per heavy atom. The second-order valence-corrected chi connectivity index (χ2v) is 7.53. The first kappa shape index (κ1) is 13.2. The number of hydrogen-bond acceptors (Lipinski definition) is 5. The largest absolute Gasteiger partial charge is 0.455 e. The van der Waals surface area contributed by atoms with Crippen molar-refractivity contribution in [2.75, 3.05) is 0 Å². The summed E-state index contributed by atoms with van der Waals surface area (Å²) in [5.41, 5.74) is 1.07. The van der Waals surface area contributed by atoms with E-state index in [1.54, 1.807) is 35.1 Å². The summed E-state index contributed by atoms with van der Waals surface area (Å²) in [4.78, 5) is 8.69. The molecule has 1 aromatic carbocycles. The molecule has 3 aromatic heterocycles. The molecule has 104 valence electrons. The summed E-state index contributed by atoms with van der Waals surface area (Å²) in [6.07, 6.45) is 3.45. The fourth-order valence-electron chi connectivity index (χ4n) is 2.23. The van der Waals surface area contributed by atoms with Crippen molar-refractivity contribution in [1.29, 1.82) is 0 Å². The third-order valence-electron chi connectivity index (χ3n) is 3.12. The van der Waals surface area contributed by atoms with E-state index in [-0.39, 0.29) is 0 Å². The van der Waals surface area contributed by atoms with Crippen LogP contribution in [0.3, 0.4) is 0 Å². The lowest BCUT2D eigenvalue weighted by molar-refractivity contribution is 0.485. The van der Waals surface area contributed by atoms with Crippen LogP contribution in [0.1, 0.15) is 5.01 Å². The van der Waals surface area contributed by atoms with Gasteiger partial charge in [0.1, 0.15) is 11.5 Å². The molecular formula is C15H9BrN2OS2. The van der Waals surface area contributed by atoms with E-state index in [1.807, 2.05) is 13.0 Å². The second-order valence-electron chi connectivity index (χ2n) is 4.53. The standard InChI is InChI=1S/C15H9BrN2OS2/c1-8-18-14-13(21-8)6-12(9-3-5-20-15(9)14)19-11-2-4-17-7-10(11)16/h2-7H,1H3. The molecule has 4 rings (SSSR count). The molecule has 3 heterocycles. The van der Waals surface area contributed by atoms with E-state index in [4.69, 9.17) is 4.74 Å².